The fraction of sp³-hybridized carbons (Fsp3) is 1.00. The standard InChI is InChI=1S/C12H24N2O2/c1-13-4-2-3-11(9-13)12(10-15)14-5-7-16-8-6-14/h11-12,15H,2-10H2,1H3. The van der Waals surface area contributed by atoms with E-state index in [9.17, 15) is 5.11 Å². The number of ether oxygens (including phenoxy) is 1. The molecule has 2 rings (SSSR count). The summed E-state index contributed by atoms with van der Waals surface area (Å²) in [6.07, 6.45) is 2.52. The van der Waals surface area contributed by atoms with Crippen molar-refractivity contribution in [3.8, 4) is 0 Å². The number of morpholine rings is 1. The molecule has 16 heavy (non-hydrogen) atoms. The van der Waals surface area contributed by atoms with Crippen LogP contribution < -0.4 is 0 Å². The maximum Gasteiger partial charge on any atom is 0.0594 e. The van der Waals surface area contributed by atoms with E-state index in [1.54, 1.807) is 0 Å². The van der Waals surface area contributed by atoms with Crippen LogP contribution in [0.3, 0.4) is 0 Å². The molecular weight excluding hydrogens is 204 g/mol. The first-order valence-electron chi connectivity index (χ1n) is 6.42. The third-order valence-electron chi connectivity index (χ3n) is 3.91. The second-order valence-corrected chi connectivity index (χ2v) is 5.06. The molecule has 2 fully saturated rings. The van der Waals surface area contributed by atoms with E-state index >= 15 is 0 Å². The Bertz CT molecular complexity index is 207. The predicted molar refractivity (Wildman–Crippen MR) is 63.5 cm³/mol. The van der Waals surface area contributed by atoms with Crippen LogP contribution in [-0.4, -0.2) is 74.0 Å². The molecule has 0 aromatic rings. The van der Waals surface area contributed by atoms with Gasteiger partial charge in [-0.3, -0.25) is 4.90 Å². The number of rotatable bonds is 3. The van der Waals surface area contributed by atoms with Gasteiger partial charge in [-0.2, -0.15) is 0 Å². The van der Waals surface area contributed by atoms with E-state index in [0.29, 0.717) is 18.6 Å². The minimum atomic E-state index is 0.290. The monoisotopic (exact) mass is 228 g/mol. The number of likely N-dealkylation sites (tertiary alicyclic amines) is 1. The Hall–Kier alpha value is -0.160. The minimum Gasteiger partial charge on any atom is -0.395 e. The third-order valence-corrected chi connectivity index (χ3v) is 3.91. The smallest absolute Gasteiger partial charge is 0.0594 e. The highest BCUT2D eigenvalue weighted by molar-refractivity contribution is 4.84. The van der Waals surface area contributed by atoms with Crippen LogP contribution in [0.25, 0.3) is 0 Å². The lowest BCUT2D eigenvalue weighted by atomic mass is 9.90. The number of piperidine rings is 1. The molecule has 2 atom stereocenters. The number of nitrogens with zero attached hydrogens (tertiary/aromatic N) is 2. The first-order chi connectivity index (χ1) is 7.81. The first-order valence-corrected chi connectivity index (χ1v) is 6.42. The molecule has 0 aromatic carbocycles. The molecule has 0 bridgehead atoms. The molecule has 0 saturated carbocycles. The van der Waals surface area contributed by atoms with Gasteiger partial charge in [0, 0.05) is 25.7 Å². The van der Waals surface area contributed by atoms with Crippen molar-refractivity contribution >= 4 is 0 Å². The molecule has 4 heteroatoms. The number of hydrogen-bond acceptors (Lipinski definition) is 4. The van der Waals surface area contributed by atoms with Gasteiger partial charge in [0.15, 0.2) is 0 Å². The topological polar surface area (TPSA) is 35.9 Å². The van der Waals surface area contributed by atoms with Gasteiger partial charge in [-0.1, -0.05) is 0 Å². The molecule has 0 amide bonds. The zero-order valence-corrected chi connectivity index (χ0v) is 10.3. The van der Waals surface area contributed by atoms with Crippen LogP contribution in [0.4, 0.5) is 0 Å². The number of aliphatic hydroxyl groups excluding tert-OH is 1. The van der Waals surface area contributed by atoms with Crippen LogP contribution >= 0.6 is 0 Å². The molecule has 94 valence electrons. The summed E-state index contributed by atoms with van der Waals surface area (Å²) in [5.41, 5.74) is 0. The third kappa shape index (κ3) is 2.94. The second-order valence-electron chi connectivity index (χ2n) is 5.06. The molecular formula is C12H24N2O2. The van der Waals surface area contributed by atoms with Crippen LogP contribution in [0.15, 0.2) is 0 Å². The normalized spacial score (nSPS) is 31.5. The Morgan fingerprint density at radius 1 is 1.31 bits per heavy atom. The summed E-state index contributed by atoms with van der Waals surface area (Å²) in [6.45, 7) is 6.22. The van der Waals surface area contributed by atoms with Gasteiger partial charge in [0.05, 0.1) is 19.8 Å². The predicted octanol–water partition coefficient (Wildman–Crippen LogP) is 0.0213. The van der Waals surface area contributed by atoms with Gasteiger partial charge in [0.25, 0.3) is 0 Å². The quantitative estimate of drug-likeness (QED) is 0.739. The molecule has 0 spiro atoms. The molecule has 2 saturated heterocycles. The van der Waals surface area contributed by atoms with Gasteiger partial charge in [0.2, 0.25) is 0 Å². The van der Waals surface area contributed by atoms with Crippen molar-refractivity contribution in [1.29, 1.82) is 0 Å². The summed E-state index contributed by atoms with van der Waals surface area (Å²) < 4.78 is 5.37. The molecule has 0 aromatic heterocycles. The summed E-state index contributed by atoms with van der Waals surface area (Å²) in [5.74, 6) is 0.627. The van der Waals surface area contributed by atoms with E-state index in [2.05, 4.69) is 16.8 Å². The Labute approximate surface area is 98.2 Å². The Kier molecular flexibility index (Phi) is 4.58. The zero-order valence-electron chi connectivity index (χ0n) is 10.3. The summed E-state index contributed by atoms with van der Waals surface area (Å²) >= 11 is 0. The maximum absolute atomic E-state index is 9.62. The number of aliphatic hydroxyl groups is 1. The van der Waals surface area contributed by atoms with Crippen molar-refractivity contribution in [2.75, 3.05) is 53.0 Å². The van der Waals surface area contributed by atoms with Gasteiger partial charge >= 0.3 is 0 Å². The maximum atomic E-state index is 9.62. The molecule has 0 aliphatic carbocycles. The van der Waals surface area contributed by atoms with Gasteiger partial charge in [-0.15, -0.1) is 0 Å². The van der Waals surface area contributed by atoms with E-state index in [0.717, 1.165) is 32.8 Å². The largest absolute Gasteiger partial charge is 0.395 e. The fourth-order valence-electron chi connectivity index (χ4n) is 2.99. The highest BCUT2D eigenvalue weighted by Crippen LogP contribution is 2.22. The van der Waals surface area contributed by atoms with Crippen LogP contribution in [0.5, 0.6) is 0 Å². The Balaban J connectivity index is 1.91. The first kappa shape index (κ1) is 12.3. The zero-order chi connectivity index (χ0) is 11.4. The minimum absolute atomic E-state index is 0.290. The van der Waals surface area contributed by atoms with Crippen LogP contribution in [-0.2, 0) is 4.74 Å². The molecule has 2 aliphatic rings. The van der Waals surface area contributed by atoms with Crippen molar-refractivity contribution < 1.29 is 9.84 Å². The summed E-state index contributed by atoms with van der Waals surface area (Å²) in [4.78, 5) is 4.80. The Morgan fingerprint density at radius 3 is 2.69 bits per heavy atom. The van der Waals surface area contributed by atoms with E-state index in [1.807, 2.05) is 0 Å². The van der Waals surface area contributed by atoms with Crippen LogP contribution in [0.1, 0.15) is 12.8 Å². The van der Waals surface area contributed by atoms with Crippen molar-refractivity contribution in [3.05, 3.63) is 0 Å². The van der Waals surface area contributed by atoms with E-state index < -0.39 is 0 Å². The van der Waals surface area contributed by atoms with Crippen molar-refractivity contribution in [2.45, 2.75) is 18.9 Å². The van der Waals surface area contributed by atoms with E-state index in [-0.39, 0.29) is 0 Å². The Morgan fingerprint density at radius 2 is 2.06 bits per heavy atom. The fourth-order valence-corrected chi connectivity index (χ4v) is 2.99. The molecule has 0 radical (unpaired) electrons. The molecule has 2 unspecified atom stereocenters. The highest BCUT2D eigenvalue weighted by atomic mass is 16.5. The van der Waals surface area contributed by atoms with Gasteiger partial charge in [-0.05, 0) is 32.4 Å². The second kappa shape index (κ2) is 5.96. The lowest BCUT2D eigenvalue weighted by Crippen LogP contribution is -2.52. The summed E-state index contributed by atoms with van der Waals surface area (Å²) in [6, 6.07) is 0.339. The molecule has 2 heterocycles. The summed E-state index contributed by atoms with van der Waals surface area (Å²) in [5, 5.41) is 9.62. The average molecular weight is 228 g/mol. The SMILES string of the molecule is CN1CCCC(C(CO)N2CCOCC2)C1. The van der Waals surface area contributed by atoms with Crippen molar-refractivity contribution in [2.24, 2.45) is 5.92 Å². The van der Waals surface area contributed by atoms with Gasteiger partial charge in [-0.25, -0.2) is 0 Å². The van der Waals surface area contributed by atoms with Crippen molar-refractivity contribution in [3.63, 3.8) is 0 Å². The van der Waals surface area contributed by atoms with Crippen LogP contribution in [0.2, 0.25) is 0 Å². The lowest BCUT2D eigenvalue weighted by Gasteiger charge is -2.41. The van der Waals surface area contributed by atoms with Gasteiger partial charge < -0.3 is 14.7 Å². The lowest BCUT2D eigenvalue weighted by molar-refractivity contribution is -0.0235. The van der Waals surface area contributed by atoms with Crippen molar-refractivity contribution in [1.82, 2.24) is 9.80 Å². The number of hydrogen-bond donors (Lipinski definition) is 1. The molecule has 1 N–H and O–H groups in total. The van der Waals surface area contributed by atoms with E-state index in [4.69, 9.17) is 4.74 Å². The average Bonchev–Trinajstić information content (AvgIpc) is 2.31. The summed E-state index contributed by atoms with van der Waals surface area (Å²) in [7, 11) is 2.18. The van der Waals surface area contributed by atoms with Gasteiger partial charge in [0.1, 0.15) is 0 Å². The van der Waals surface area contributed by atoms with E-state index in [1.165, 1.54) is 19.4 Å². The van der Waals surface area contributed by atoms with Crippen LogP contribution in [0, 0.1) is 5.92 Å². The highest BCUT2D eigenvalue weighted by Gasteiger charge is 2.30. The molecule has 4 nitrogen and oxygen atoms in total. The molecule has 2 aliphatic heterocycles.